The maximum atomic E-state index is 11.4. The number of anilines is 1. The van der Waals surface area contributed by atoms with Gasteiger partial charge in [-0.1, -0.05) is 0 Å². The number of carbonyl (C=O) groups excluding carboxylic acids is 2. The van der Waals surface area contributed by atoms with Gasteiger partial charge in [0.1, 0.15) is 0 Å². The van der Waals surface area contributed by atoms with E-state index in [0.29, 0.717) is 5.69 Å². The van der Waals surface area contributed by atoms with Crippen LogP contribution in [0.1, 0.15) is 12.8 Å². The van der Waals surface area contributed by atoms with Gasteiger partial charge in [0.25, 0.3) is 10.1 Å². The number of hydrogen-bond donors (Lipinski definition) is 1. The van der Waals surface area contributed by atoms with Gasteiger partial charge in [-0.3, -0.25) is 19.0 Å². The van der Waals surface area contributed by atoms with Gasteiger partial charge >= 0.3 is 0 Å². The third-order valence-corrected chi connectivity index (χ3v) is 3.31. The third-order valence-electron chi connectivity index (χ3n) is 2.44. The molecule has 1 heterocycles. The molecule has 1 aliphatic rings. The van der Waals surface area contributed by atoms with Crippen LogP contribution < -0.4 is 4.90 Å². The van der Waals surface area contributed by atoms with Crippen molar-refractivity contribution in [3.05, 3.63) is 24.3 Å². The standard InChI is InChI=1S/C10H9NO5S/c12-9-5-6-10(13)11(9)7-1-3-8(4-2-7)17(14,15)16/h1-4H,5-6H2,(H,14,15,16). The van der Waals surface area contributed by atoms with Crippen LogP contribution in [0.25, 0.3) is 0 Å². The van der Waals surface area contributed by atoms with Gasteiger partial charge in [-0.2, -0.15) is 8.42 Å². The zero-order valence-corrected chi connectivity index (χ0v) is 9.48. The zero-order chi connectivity index (χ0) is 12.6. The van der Waals surface area contributed by atoms with Crippen molar-refractivity contribution in [3.8, 4) is 0 Å². The summed E-state index contributed by atoms with van der Waals surface area (Å²) in [4.78, 5) is 23.5. The first-order valence-corrected chi connectivity index (χ1v) is 6.27. The van der Waals surface area contributed by atoms with Crippen molar-refractivity contribution < 1.29 is 22.6 Å². The van der Waals surface area contributed by atoms with E-state index in [4.69, 9.17) is 4.55 Å². The number of hydrogen-bond acceptors (Lipinski definition) is 4. The summed E-state index contributed by atoms with van der Waals surface area (Å²) < 4.78 is 30.4. The van der Waals surface area contributed by atoms with Crippen molar-refractivity contribution in [2.75, 3.05) is 4.90 Å². The van der Waals surface area contributed by atoms with Crippen molar-refractivity contribution >= 4 is 27.6 Å². The van der Waals surface area contributed by atoms with Gasteiger partial charge in [0, 0.05) is 12.8 Å². The van der Waals surface area contributed by atoms with Gasteiger partial charge < -0.3 is 0 Å². The molecule has 1 N–H and O–H groups in total. The first-order valence-electron chi connectivity index (χ1n) is 4.83. The smallest absolute Gasteiger partial charge is 0.282 e. The number of imide groups is 1. The number of carbonyl (C=O) groups is 2. The Balaban J connectivity index is 2.36. The van der Waals surface area contributed by atoms with Crippen LogP contribution in [0.2, 0.25) is 0 Å². The summed E-state index contributed by atoms with van der Waals surface area (Å²) >= 11 is 0. The fraction of sp³-hybridized carbons (Fsp3) is 0.200. The van der Waals surface area contributed by atoms with Gasteiger partial charge in [0.05, 0.1) is 10.6 Å². The molecular formula is C10H9NO5S. The predicted molar refractivity (Wildman–Crippen MR) is 58.0 cm³/mol. The Morgan fingerprint density at radius 3 is 1.88 bits per heavy atom. The van der Waals surface area contributed by atoms with E-state index in [1.54, 1.807) is 0 Å². The van der Waals surface area contributed by atoms with E-state index in [1.807, 2.05) is 0 Å². The second-order valence-corrected chi connectivity index (χ2v) is 5.01. The maximum Gasteiger partial charge on any atom is 0.294 e. The van der Waals surface area contributed by atoms with E-state index < -0.39 is 10.1 Å². The van der Waals surface area contributed by atoms with Crippen LogP contribution in [0.5, 0.6) is 0 Å². The van der Waals surface area contributed by atoms with E-state index in [9.17, 15) is 18.0 Å². The van der Waals surface area contributed by atoms with Crippen LogP contribution in [0.4, 0.5) is 5.69 Å². The van der Waals surface area contributed by atoms with Crippen LogP contribution in [0.3, 0.4) is 0 Å². The van der Waals surface area contributed by atoms with Gasteiger partial charge in [-0.05, 0) is 24.3 Å². The summed E-state index contributed by atoms with van der Waals surface area (Å²) in [7, 11) is -4.26. The molecule has 1 aliphatic heterocycles. The lowest BCUT2D eigenvalue weighted by atomic mass is 10.3. The summed E-state index contributed by atoms with van der Waals surface area (Å²) in [6.07, 6.45) is 0.331. The largest absolute Gasteiger partial charge is 0.294 e. The van der Waals surface area contributed by atoms with Gasteiger partial charge in [-0.15, -0.1) is 0 Å². The second kappa shape index (κ2) is 3.94. The van der Waals surface area contributed by atoms with Gasteiger partial charge in [0.2, 0.25) is 11.8 Å². The quantitative estimate of drug-likeness (QED) is 0.616. The maximum absolute atomic E-state index is 11.4. The van der Waals surface area contributed by atoms with Crippen LogP contribution in [-0.4, -0.2) is 24.8 Å². The highest BCUT2D eigenvalue weighted by molar-refractivity contribution is 7.85. The van der Waals surface area contributed by atoms with E-state index in [2.05, 4.69) is 0 Å². The zero-order valence-electron chi connectivity index (χ0n) is 8.66. The van der Waals surface area contributed by atoms with Crippen molar-refractivity contribution in [3.63, 3.8) is 0 Å². The first-order chi connectivity index (χ1) is 7.89. The van der Waals surface area contributed by atoms with Crippen LogP contribution in [0, 0.1) is 0 Å². The first kappa shape index (κ1) is 11.7. The Labute approximate surface area is 97.6 Å². The summed E-state index contributed by atoms with van der Waals surface area (Å²) in [5, 5.41) is 0. The van der Waals surface area contributed by atoms with E-state index >= 15 is 0 Å². The molecule has 0 bridgehead atoms. The van der Waals surface area contributed by atoms with Crippen molar-refractivity contribution in [2.45, 2.75) is 17.7 Å². The van der Waals surface area contributed by atoms with Gasteiger partial charge in [-0.25, -0.2) is 0 Å². The molecule has 0 saturated carbocycles. The molecule has 0 atom stereocenters. The van der Waals surface area contributed by atoms with Crippen LogP contribution in [-0.2, 0) is 19.7 Å². The summed E-state index contributed by atoms with van der Waals surface area (Å²) in [6, 6.07) is 4.90. The fourth-order valence-electron chi connectivity index (χ4n) is 1.63. The lowest BCUT2D eigenvalue weighted by Crippen LogP contribution is -2.28. The Hall–Kier alpha value is -1.73. The lowest BCUT2D eigenvalue weighted by molar-refractivity contribution is -0.121. The molecule has 0 spiro atoms. The Bertz CT molecular complexity index is 559. The molecule has 1 fully saturated rings. The highest BCUT2D eigenvalue weighted by Gasteiger charge is 2.30. The summed E-state index contributed by atoms with van der Waals surface area (Å²) in [6.45, 7) is 0. The number of rotatable bonds is 2. The Morgan fingerprint density at radius 2 is 1.47 bits per heavy atom. The Morgan fingerprint density at radius 1 is 1.00 bits per heavy atom. The molecule has 0 unspecified atom stereocenters. The van der Waals surface area contributed by atoms with E-state index in [1.165, 1.54) is 12.1 Å². The minimum atomic E-state index is -4.26. The average molecular weight is 255 g/mol. The van der Waals surface area contributed by atoms with Crippen molar-refractivity contribution in [1.82, 2.24) is 0 Å². The van der Waals surface area contributed by atoms with Crippen LogP contribution in [0.15, 0.2) is 29.2 Å². The highest BCUT2D eigenvalue weighted by atomic mass is 32.2. The molecular weight excluding hydrogens is 246 g/mol. The predicted octanol–water partition coefficient (Wildman–Crippen LogP) is 0.587. The van der Waals surface area contributed by atoms with Crippen molar-refractivity contribution in [2.24, 2.45) is 0 Å². The molecule has 1 aromatic rings. The molecule has 7 heteroatoms. The normalized spacial score (nSPS) is 16.6. The molecule has 0 aromatic heterocycles. The van der Waals surface area contributed by atoms with Gasteiger partial charge in [0.15, 0.2) is 0 Å². The second-order valence-electron chi connectivity index (χ2n) is 3.59. The van der Waals surface area contributed by atoms with E-state index in [-0.39, 0.29) is 29.6 Å². The Kier molecular flexibility index (Phi) is 2.72. The lowest BCUT2D eigenvalue weighted by Gasteiger charge is -2.13. The highest BCUT2D eigenvalue weighted by Crippen LogP contribution is 2.23. The molecule has 2 amide bonds. The minimum Gasteiger partial charge on any atom is -0.282 e. The fourth-order valence-corrected chi connectivity index (χ4v) is 2.11. The number of benzene rings is 1. The topological polar surface area (TPSA) is 91.8 Å². The van der Waals surface area contributed by atoms with Crippen molar-refractivity contribution in [1.29, 1.82) is 0 Å². The molecule has 2 rings (SSSR count). The van der Waals surface area contributed by atoms with Crippen LogP contribution >= 0.6 is 0 Å². The molecule has 17 heavy (non-hydrogen) atoms. The number of amides is 2. The average Bonchev–Trinajstić information content (AvgIpc) is 2.58. The molecule has 0 radical (unpaired) electrons. The summed E-state index contributed by atoms with van der Waals surface area (Å²) in [5.74, 6) is -0.621. The molecule has 1 saturated heterocycles. The summed E-state index contributed by atoms with van der Waals surface area (Å²) in [5.41, 5.74) is 0.310. The molecule has 6 nitrogen and oxygen atoms in total. The molecule has 90 valence electrons. The van der Waals surface area contributed by atoms with E-state index in [0.717, 1.165) is 17.0 Å². The third kappa shape index (κ3) is 2.20. The monoisotopic (exact) mass is 255 g/mol. The molecule has 1 aromatic carbocycles. The molecule has 0 aliphatic carbocycles. The number of nitrogens with zero attached hydrogens (tertiary/aromatic N) is 1. The SMILES string of the molecule is O=C1CCC(=O)N1c1ccc(S(=O)(=O)O)cc1. The minimum absolute atomic E-state index is 0.166.